The number of rotatable bonds is 2. The fourth-order valence-electron chi connectivity index (χ4n) is 3.08. The summed E-state index contributed by atoms with van der Waals surface area (Å²) in [7, 11) is 0. The first-order chi connectivity index (χ1) is 11.8. The first-order valence-electron chi connectivity index (χ1n) is 7.60. The maximum atomic E-state index is 13.0. The predicted octanol–water partition coefficient (Wildman–Crippen LogP) is 3.57. The highest BCUT2D eigenvalue weighted by molar-refractivity contribution is 6.01. The molecular weight excluding hydrogens is 337 g/mol. The van der Waals surface area contributed by atoms with E-state index in [1.165, 1.54) is 0 Å². The number of alkyl halides is 3. The number of carboxylic acids is 1. The van der Waals surface area contributed by atoms with Gasteiger partial charge >= 0.3 is 18.2 Å². The molecule has 1 fully saturated rings. The van der Waals surface area contributed by atoms with Crippen molar-refractivity contribution >= 4 is 28.5 Å². The van der Waals surface area contributed by atoms with Crippen LogP contribution >= 0.6 is 0 Å². The fourth-order valence-corrected chi connectivity index (χ4v) is 3.08. The lowest BCUT2D eigenvalue weighted by atomic mass is 9.96. The minimum atomic E-state index is -4.67. The van der Waals surface area contributed by atoms with Gasteiger partial charge in [0.15, 0.2) is 0 Å². The van der Waals surface area contributed by atoms with Crippen molar-refractivity contribution < 1.29 is 27.9 Å². The molecule has 1 aliphatic rings. The summed E-state index contributed by atoms with van der Waals surface area (Å²) in [5.41, 5.74) is 0.463. The Hall–Kier alpha value is -2.77. The summed E-state index contributed by atoms with van der Waals surface area (Å²) in [5, 5.41) is 13.2. The summed E-state index contributed by atoms with van der Waals surface area (Å²) >= 11 is 0. The number of fused-ring (bicyclic) bond motifs is 1. The van der Waals surface area contributed by atoms with E-state index in [1.54, 1.807) is 24.3 Å². The number of aliphatic carboxylic acids is 1. The third-order valence-corrected chi connectivity index (χ3v) is 4.38. The molecule has 25 heavy (non-hydrogen) atoms. The summed E-state index contributed by atoms with van der Waals surface area (Å²) in [4.78, 5) is 24.4. The number of hydrogen-bond donors (Lipinski definition) is 2. The number of likely N-dealkylation sites (tertiary alicyclic amines) is 1. The van der Waals surface area contributed by atoms with Crippen molar-refractivity contribution in [2.24, 2.45) is 11.8 Å². The molecule has 1 saturated heterocycles. The average Bonchev–Trinajstić information content (AvgIpc) is 3.01. The number of benzene rings is 2. The van der Waals surface area contributed by atoms with Crippen LogP contribution in [0.1, 0.15) is 0 Å². The summed E-state index contributed by atoms with van der Waals surface area (Å²) in [6.45, 7) is -1.15. The highest BCUT2D eigenvalue weighted by Crippen LogP contribution is 2.38. The molecule has 132 valence electrons. The van der Waals surface area contributed by atoms with Gasteiger partial charge in [0.25, 0.3) is 0 Å². The normalized spacial score (nSPS) is 20.7. The summed E-state index contributed by atoms with van der Waals surface area (Å²) < 4.78 is 39.1. The van der Waals surface area contributed by atoms with Crippen LogP contribution in [-0.4, -0.2) is 41.3 Å². The smallest absolute Gasteiger partial charge is 0.394 e. The molecule has 0 unspecified atom stereocenters. The molecule has 2 amide bonds. The largest absolute Gasteiger partial charge is 0.481 e. The van der Waals surface area contributed by atoms with E-state index in [-0.39, 0.29) is 0 Å². The number of nitrogens with one attached hydrogen (secondary N) is 1. The van der Waals surface area contributed by atoms with E-state index in [0.717, 1.165) is 15.7 Å². The van der Waals surface area contributed by atoms with E-state index in [4.69, 9.17) is 5.11 Å². The molecule has 0 aromatic heterocycles. The van der Waals surface area contributed by atoms with Crippen molar-refractivity contribution in [3.05, 3.63) is 42.5 Å². The molecule has 1 heterocycles. The van der Waals surface area contributed by atoms with Crippen LogP contribution in [0.2, 0.25) is 0 Å². The van der Waals surface area contributed by atoms with Crippen molar-refractivity contribution in [3.8, 4) is 0 Å². The molecule has 0 saturated carbocycles. The van der Waals surface area contributed by atoms with Crippen LogP contribution in [-0.2, 0) is 4.79 Å². The first kappa shape index (κ1) is 17.1. The van der Waals surface area contributed by atoms with Crippen molar-refractivity contribution in [2.45, 2.75) is 6.18 Å². The standard InChI is InChI=1S/C17H15F3N2O3/c18-17(19,20)13-9-22(8-12(13)15(23)24)16(25)21-14-7-3-5-10-4-1-2-6-11(10)14/h1-7,12-13H,8-9H2,(H,21,25)(H,23,24)/t12-,13-/m1/s1. The monoisotopic (exact) mass is 352 g/mol. The van der Waals surface area contributed by atoms with E-state index in [0.29, 0.717) is 5.69 Å². The SMILES string of the molecule is O=C(O)[C@@H]1CN(C(=O)Nc2cccc3ccccc23)C[C@H]1C(F)(F)F. The van der Waals surface area contributed by atoms with Gasteiger partial charge in [-0.1, -0.05) is 36.4 Å². The molecule has 3 rings (SSSR count). The number of nitrogens with zero attached hydrogens (tertiary/aromatic N) is 1. The van der Waals surface area contributed by atoms with Crippen LogP contribution in [0.4, 0.5) is 23.7 Å². The molecule has 0 bridgehead atoms. The average molecular weight is 352 g/mol. The fraction of sp³-hybridized carbons (Fsp3) is 0.294. The first-order valence-corrected chi connectivity index (χ1v) is 7.60. The second-order valence-corrected chi connectivity index (χ2v) is 5.95. The highest BCUT2D eigenvalue weighted by atomic mass is 19.4. The van der Waals surface area contributed by atoms with E-state index in [1.807, 2.05) is 18.2 Å². The third kappa shape index (κ3) is 3.38. The topological polar surface area (TPSA) is 69.6 Å². The zero-order valence-corrected chi connectivity index (χ0v) is 13.0. The molecule has 0 spiro atoms. The summed E-state index contributed by atoms with van der Waals surface area (Å²) in [6.07, 6.45) is -4.67. The highest BCUT2D eigenvalue weighted by Gasteiger charge is 2.53. The Morgan fingerprint density at radius 1 is 1.08 bits per heavy atom. The van der Waals surface area contributed by atoms with Crippen molar-refractivity contribution in [1.29, 1.82) is 0 Å². The second kappa shape index (κ2) is 6.27. The minimum Gasteiger partial charge on any atom is -0.481 e. The quantitative estimate of drug-likeness (QED) is 0.868. The second-order valence-electron chi connectivity index (χ2n) is 5.95. The van der Waals surface area contributed by atoms with E-state index >= 15 is 0 Å². The number of amides is 2. The summed E-state index contributed by atoms with van der Waals surface area (Å²) in [6, 6.07) is 11.7. The van der Waals surface area contributed by atoms with Gasteiger partial charge < -0.3 is 15.3 Å². The molecule has 0 aliphatic carbocycles. The maximum absolute atomic E-state index is 13.0. The van der Waals surface area contributed by atoms with Gasteiger partial charge in [0, 0.05) is 18.5 Å². The van der Waals surface area contributed by atoms with Gasteiger partial charge in [0.2, 0.25) is 0 Å². The van der Waals surface area contributed by atoms with Gasteiger partial charge in [0.05, 0.1) is 17.5 Å². The lowest BCUT2D eigenvalue weighted by Crippen LogP contribution is -2.35. The maximum Gasteiger partial charge on any atom is 0.394 e. The van der Waals surface area contributed by atoms with Gasteiger partial charge in [-0.2, -0.15) is 13.2 Å². The van der Waals surface area contributed by atoms with Crippen LogP contribution in [0.3, 0.4) is 0 Å². The molecule has 0 radical (unpaired) electrons. The molecule has 2 N–H and O–H groups in total. The van der Waals surface area contributed by atoms with Crippen LogP contribution in [0.5, 0.6) is 0 Å². The molecule has 8 heteroatoms. The number of urea groups is 1. The van der Waals surface area contributed by atoms with Gasteiger partial charge in [-0.15, -0.1) is 0 Å². The van der Waals surface area contributed by atoms with Crippen LogP contribution in [0, 0.1) is 11.8 Å². The Labute approximate surface area is 141 Å². The molecule has 2 aromatic carbocycles. The van der Waals surface area contributed by atoms with E-state index < -0.39 is 43.1 Å². The number of anilines is 1. The van der Waals surface area contributed by atoms with Crippen LogP contribution < -0.4 is 5.32 Å². The third-order valence-electron chi connectivity index (χ3n) is 4.38. The Bertz CT molecular complexity index is 817. The number of carbonyl (C=O) groups excluding carboxylic acids is 1. The lowest BCUT2D eigenvalue weighted by molar-refractivity contribution is -0.187. The van der Waals surface area contributed by atoms with E-state index in [2.05, 4.69) is 5.32 Å². The van der Waals surface area contributed by atoms with E-state index in [9.17, 15) is 22.8 Å². The molecule has 2 aromatic rings. The molecule has 1 aliphatic heterocycles. The number of hydrogen-bond acceptors (Lipinski definition) is 2. The number of carboxylic acid groups (broad SMARTS) is 1. The summed E-state index contributed by atoms with van der Waals surface area (Å²) in [5.74, 6) is -5.27. The Kier molecular flexibility index (Phi) is 4.28. The van der Waals surface area contributed by atoms with Gasteiger partial charge in [-0.05, 0) is 11.5 Å². The number of halogens is 3. The van der Waals surface area contributed by atoms with Crippen LogP contribution in [0.25, 0.3) is 10.8 Å². The molecular formula is C17H15F3N2O3. The minimum absolute atomic E-state index is 0.463. The Morgan fingerprint density at radius 2 is 1.76 bits per heavy atom. The zero-order valence-electron chi connectivity index (χ0n) is 13.0. The van der Waals surface area contributed by atoms with Gasteiger partial charge in [-0.25, -0.2) is 4.79 Å². The van der Waals surface area contributed by atoms with Gasteiger partial charge in [0.1, 0.15) is 0 Å². The molecule has 5 nitrogen and oxygen atoms in total. The lowest BCUT2D eigenvalue weighted by Gasteiger charge is -2.19. The Balaban J connectivity index is 1.81. The van der Waals surface area contributed by atoms with Crippen molar-refractivity contribution in [2.75, 3.05) is 18.4 Å². The van der Waals surface area contributed by atoms with Gasteiger partial charge in [-0.3, -0.25) is 4.79 Å². The number of carbonyl (C=O) groups is 2. The molecule has 2 atom stereocenters. The van der Waals surface area contributed by atoms with Crippen molar-refractivity contribution in [3.63, 3.8) is 0 Å². The Morgan fingerprint density at radius 3 is 2.40 bits per heavy atom. The van der Waals surface area contributed by atoms with Crippen LogP contribution in [0.15, 0.2) is 42.5 Å². The zero-order chi connectivity index (χ0) is 18.2. The predicted molar refractivity (Wildman–Crippen MR) is 85.2 cm³/mol. The van der Waals surface area contributed by atoms with Crippen molar-refractivity contribution in [1.82, 2.24) is 4.90 Å².